The van der Waals surface area contributed by atoms with E-state index in [9.17, 15) is 9.59 Å². The lowest BCUT2D eigenvalue weighted by molar-refractivity contribution is 0.0942. The van der Waals surface area contributed by atoms with Gasteiger partial charge in [0.05, 0.1) is 11.1 Å². The third-order valence-electron chi connectivity index (χ3n) is 9.30. The fraction of sp³-hybridized carbons (Fsp3) is 0.633. The van der Waals surface area contributed by atoms with Gasteiger partial charge in [-0.25, -0.2) is 9.78 Å². The fourth-order valence-electron chi connectivity index (χ4n) is 6.81. The summed E-state index contributed by atoms with van der Waals surface area (Å²) in [6.45, 7) is 5.63. The zero-order valence-corrected chi connectivity index (χ0v) is 22.7. The molecule has 0 radical (unpaired) electrons. The van der Waals surface area contributed by atoms with Crippen molar-refractivity contribution < 1.29 is 14.7 Å². The molecule has 1 saturated carbocycles. The standard InChI is InChI=1S/C30H43N5O3/c1-34-14-10-23(11-15-34)24-12-16-35(17-13-24)28-18-26(25-4-2-3-5-27(25)33-28)29(36)31-19-21-6-8-22(9-7-21)20-32-30(37)38/h2-5,18,21-24,32H,6-17,19-20H2,1H3,(H,31,36)(H,37,38)/t21-,22-. The molecule has 3 aliphatic rings. The Kier molecular flexibility index (Phi) is 8.67. The van der Waals surface area contributed by atoms with Crippen LogP contribution < -0.4 is 15.5 Å². The first-order valence-corrected chi connectivity index (χ1v) is 14.5. The first-order chi connectivity index (χ1) is 18.5. The smallest absolute Gasteiger partial charge is 0.404 e. The minimum Gasteiger partial charge on any atom is -0.465 e. The van der Waals surface area contributed by atoms with E-state index in [2.05, 4.69) is 27.5 Å². The maximum absolute atomic E-state index is 13.4. The van der Waals surface area contributed by atoms with Crippen molar-refractivity contribution in [3.8, 4) is 0 Å². The first-order valence-electron chi connectivity index (χ1n) is 14.5. The van der Waals surface area contributed by atoms with Gasteiger partial charge in [0.25, 0.3) is 5.91 Å². The van der Waals surface area contributed by atoms with Crippen molar-refractivity contribution in [3.63, 3.8) is 0 Å². The lowest BCUT2D eigenvalue weighted by Crippen LogP contribution is -2.40. The van der Waals surface area contributed by atoms with Gasteiger partial charge >= 0.3 is 6.09 Å². The molecule has 3 fully saturated rings. The summed E-state index contributed by atoms with van der Waals surface area (Å²) >= 11 is 0. The van der Waals surface area contributed by atoms with Crippen molar-refractivity contribution in [1.82, 2.24) is 20.5 Å². The Balaban J connectivity index is 1.20. The quantitative estimate of drug-likeness (QED) is 0.493. The number of nitrogens with zero attached hydrogens (tertiary/aromatic N) is 3. The number of aromatic nitrogens is 1. The van der Waals surface area contributed by atoms with Crippen LogP contribution in [0.4, 0.5) is 10.6 Å². The van der Waals surface area contributed by atoms with Gasteiger partial charge in [-0.15, -0.1) is 0 Å². The van der Waals surface area contributed by atoms with Gasteiger partial charge in [-0.1, -0.05) is 18.2 Å². The number of carbonyl (C=O) groups is 2. The number of pyridine rings is 1. The average Bonchev–Trinajstić information content (AvgIpc) is 2.95. The van der Waals surface area contributed by atoms with Crippen molar-refractivity contribution in [1.29, 1.82) is 0 Å². The van der Waals surface area contributed by atoms with E-state index in [1.54, 1.807) is 0 Å². The largest absolute Gasteiger partial charge is 0.465 e. The first kappa shape index (κ1) is 26.7. The van der Waals surface area contributed by atoms with Crippen LogP contribution in [0.2, 0.25) is 0 Å². The van der Waals surface area contributed by atoms with Gasteiger partial charge in [0.2, 0.25) is 0 Å². The van der Waals surface area contributed by atoms with Crippen LogP contribution in [0.5, 0.6) is 0 Å². The molecule has 2 amide bonds. The highest BCUT2D eigenvalue weighted by molar-refractivity contribution is 6.07. The molecule has 8 heteroatoms. The predicted molar refractivity (Wildman–Crippen MR) is 151 cm³/mol. The van der Waals surface area contributed by atoms with Gasteiger partial charge < -0.3 is 25.5 Å². The summed E-state index contributed by atoms with van der Waals surface area (Å²) in [5.74, 6) is 3.38. The summed E-state index contributed by atoms with van der Waals surface area (Å²) in [6.07, 6.45) is 8.12. The zero-order valence-electron chi connectivity index (χ0n) is 22.7. The normalized spacial score (nSPS) is 23.9. The number of benzene rings is 1. The molecule has 2 aliphatic heterocycles. The van der Waals surface area contributed by atoms with Crippen LogP contribution in [-0.4, -0.2) is 73.3 Å². The lowest BCUT2D eigenvalue weighted by atomic mass is 9.79. The SMILES string of the molecule is CN1CCC(C2CCN(c3cc(C(=O)NC[C@H]4CC[C@H](CNC(=O)O)CC4)c4ccccc4n3)CC2)CC1. The molecule has 0 bridgehead atoms. The molecule has 206 valence electrons. The van der Waals surface area contributed by atoms with Gasteiger partial charge in [-0.05, 0) is 107 Å². The highest BCUT2D eigenvalue weighted by atomic mass is 16.4. The molecule has 0 atom stereocenters. The number of carboxylic acid groups (broad SMARTS) is 1. The molecule has 38 heavy (non-hydrogen) atoms. The highest BCUT2D eigenvalue weighted by Gasteiger charge is 2.30. The lowest BCUT2D eigenvalue weighted by Gasteiger charge is -2.40. The molecule has 8 nitrogen and oxygen atoms in total. The number of piperidine rings is 2. The Labute approximate surface area is 226 Å². The number of likely N-dealkylation sites (tertiary alicyclic amines) is 1. The molecule has 1 aromatic carbocycles. The second-order valence-corrected chi connectivity index (χ2v) is 11.8. The number of anilines is 1. The molecular weight excluding hydrogens is 478 g/mol. The van der Waals surface area contributed by atoms with Gasteiger partial charge in [0, 0.05) is 31.6 Å². The molecule has 0 spiro atoms. The van der Waals surface area contributed by atoms with E-state index in [1.165, 1.54) is 38.8 Å². The van der Waals surface area contributed by atoms with Gasteiger partial charge in [-0.2, -0.15) is 0 Å². The molecule has 2 saturated heterocycles. The van der Waals surface area contributed by atoms with E-state index in [0.717, 1.165) is 67.3 Å². The molecule has 3 heterocycles. The van der Waals surface area contributed by atoms with E-state index in [-0.39, 0.29) is 5.91 Å². The third-order valence-corrected chi connectivity index (χ3v) is 9.30. The maximum atomic E-state index is 13.4. The Morgan fingerprint density at radius 2 is 1.45 bits per heavy atom. The summed E-state index contributed by atoms with van der Waals surface area (Å²) < 4.78 is 0. The van der Waals surface area contributed by atoms with E-state index in [1.807, 2.05) is 30.3 Å². The topological polar surface area (TPSA) is 97.8 Å². The number of amides is 2. The zero-order chi connectivity index (χ0) is 26.5. The molecule has 0 unspecified atom stereocenters. The van der Waals surface area contributed by atoms with E-state index >= 15 is 0 Å². The summed E-state index contributed by atoms with van der Waals surface area (Å²) in [4.78, 5) is 34.0. The fourth-order valence-corrected chi connectivity index (χ4v) is 6.81. The van der Waals surface area contributed by atoms with Crippen LogP contribution >= 0.6 is 0 Å². The number of hydrogen-bond donors (Lipinski definition) is 3. The molecule has 1 aromatic heterocycles. The Morgan fingerprint density at radius 3 is 2.08 bits per heavy atom. The predicted octanol–water partition coefficient (Wildman–Crippen LogP) is 4.60. The number of para-hydroxylation sites is 1. The number of hydrogen-bond acceptors (Lipinski definition) is 5. The Morgan fingerprint density at radius 1 is 0.868 bits per heavy atom. The van der Waals surface area contributed by atoms with Crippen LogP contribution in [0, 0.1) is 23.7 Å². The summed E-state index contributed by atoms with van der Waals surface area (Å²) in [5, 5.41) is 15.5. The molecule has 3 N–H and O–H groups in total. The second-order valence-electron chi connectivity index (χ2n) is 11.8. The van der Waals surface area contributed by atoms with Crippen LogP contribution in [0.15, 0.2) is 30.3 Å². The monoisotopic (exact) mass is 521 g/mol. The van der Waals surface area contributed by atoms with Crippen molar-refractivity contribution in [3.05, 3.63) is 35.9 Å². The van der Waals surface area contributed by atoms with E-state index < -0.39 is 6.09 Å². The van der Waals surface area contributed by atoms with Crippen molar-refractivity contribution in [2.75, 3.05) is 51.2 Å². The molecule has 2 aromatic rings. The van der Waals surface area contributed by atoms with Crippen LogP contribution in [0.1, 0.15) is 61.7 Å². The number of nitrogens with one attached hydrogen (secondary N) is 2. The third kappa shape index (κ3) is 6.57. The maximum Gasteiger partial charge on any atom is 0.404 e. The number of carbonyl (C=O) groups excluding carboxylic acids is 1. The van der Waals surface area contributed by atoms with Gasteiger partial charge in [-0.3, -0.25) is 4.79 Å². The number of fused-ring (bicyclic) bond motifs is 1. The van der Waals surface area contributed by atoms with Crippen LogP contribution in [0.25, 0.3) is 10.9 Å². The Bertz CT molecular complexity index is 1100. The molecule has 1 aliphatic carbocycles. The van der Waals surface area contributed by atoms with Crippen molar-refractivity contribution in [2.45, 2.75) is 51.4 Å². The minimum atomic E-state index is -0.954. The van der Waals surface area contributed by atoms with E-state index in [0.29, 0.717) is 30.5 Å². The Hall–Kier alpha value is -2.87. The number of rotatable bonds is 7. The summed E-state index contributed by atoms with van der Waals surface area (Å²) in [7, 11) is 2.23. The summed E-state index contributed by atoms with van der Waals surface area (Å²) in [5.41, 5.74) is 1.58. The van der Waals surface area contributed by atoms with Crippen molar-refractivity contribution >= 4 is 28.7 Å². The second kappa shape index (κ2) is 12.3. The van der Waals surface area contributed by atoms with E-state index in [4.69, 9.17) is 10.1 Å². The summed E-state index contributed by atoms with van der Waals surface area (Å²) in [6, 6.07) is 9.97. The van der Waals surface area contributed by atoms with Gasteiger partial charge in [0.1, 0.15) is 5.82 Å². The van der Waals surface area contributed by atoms with Crippen molar-refractivity contribution in [2.24, 2.45) is 23.7 Å². The van der Waals surface area contributed by atoms with Crippen LogP contribution in [0.3, 0.4) is 0 Å². The molecular formula is C30H43N5O3. The van der Waals surface area contributed by atoms with Gasteiger partial charge in [0.15, 0.2) is 0 Å². The minimum absolute atomic E-state index is 0.0271. The molecule has 5 rings (SSSR count). The van der Waals surface area contributed by atoms with Crippen LogP contribution in [-0.2, 0) is 0 Å². The highest BCUT2D eigenvalue weighted by Crippen LogP contribution is 2.34. The average molecular weight is 522 g/mol.